The van der Waals surface area contributed by atoms with E-state index in [2.05, 4.69) is 4.52 Å². The van der Waals surface area contributed by atoms with Gasteiger partial charge >= 0.3 is 8.69 Å². The summed E-state index contributed by atoms with van der Waals surface area (Å²) in [7, 11) is -0.282. The molecule has 0 spiro atoms. The standard InChI is InChI=1S/C4H7O2P/c1-2-3-4-6-7-5/h3-4H,2H2,1H3. The second-order valence-electron chi connectivity index (χ2n) is 0.960. The fraction of sp³-hybridized carbons (Fsp3) is 0.500. The molecule has 0 aliphatic carbocycles. The molecule has 0 heterocycles. The van der Waals surface area contributed by atoms with E-state index in [0.29, 0.717) is 0 Å². The Bertz CT molecular complexity index is 70.1. The minimum atomic E-state index is -0.282. The third-order valence-corrected chi connectivity index (χ3v) is 0.644. The summed E-state index contributed by atoms with van der Waals surface area (Å²) < 4.78 is 13.8. The molecular weight excluding hydrogens is 111 g/mol. The van der Waals surface area contributed by atoms with Gasteiger partial charge in [-0.3, -0.25) is 0 Å². The molecule has 0 saturated heterocycles. The highest BCUT2D eigenvalue weighted by Gasteiger charge is 1.66. The minimum absolute atomic E-state index is 0.282. The van der Waals surface area contributed by atoms with E-state index in [1.165, 1.54) is 6.26 Å². The van der Waals surface area contributed by atoms with E-state index in [9.17, 15) is 4.57 Å². The molecule has 0 saturated carbocycles. The van der Waals surface area contributed by atoms with Gasteiger partial charge in [0, 0.05) is 0 Å². The summed E-state index contributed by atoms with van der Waals surface area (Å²) >= 11 is 0. The van der Waals surface area contributed by atoms with Gasteiger partial charge in [-0.15, -0.1) is 0 Å². The first-order chi connectivity index (χ1) is 3.41. The van der Waals surface area contributed by atoms with Gasteiger partial charge in [0.2, 0.25) is 0 Å². The van der Waals surface area contributed by atoms with Gasteiger partial charge in [0.1, 0.15) is 0 Å². The van der Waals surface area contributed by atoms with Gasteiger partial charge in [-0.25, -0.2) is 4.57 Å². The third kappa shape index (κ3) is 5.64. The van der Waals surface area contributed by atoms with E-state index in [1.54, 1.807) is 6.08 Å². The smallest absolute Gasteiger partial charge is 0.395 e. The Morgan fingerprint density at radius 2 is 2.57 bits per heavy atom. The predicted octanol–water partition coefficient (Wildman–Crippen LogP) is 2.13. The van der Waals surface area contributed by atoms with Gasteiger partial charge in [0.25, 0.3) is 0 Å². The summed E-state index contributed by atoms with van der Waals surface area (Å²) in [5, 5.41) is 0. The average molecular weight is 118 g/mol. The van der Waals surface area contributed by atoms with Crippen LogP contribution >= 0.6 is 8.69 Å². The van der Waals surface area contributed by atoms with Crippen LogP contribution in [0, 0.1) is 0 Å². The Hall–Kier alpha value is -0.360. The summed E-state index contributed by atoms with van der Waals surface area (Å²) in [6.45, 7) is 1.97. The molecular formula is C4H7O2P. The van der Waals surface area contributed by atoms with Crippen LogP contribution in [0.3, 0.4) is 0 Å². The van der Waals surface area contributed by atoms with E-state index in [1.807, 2.05) is 6.92 Å². The van der Waals surface area contributed by atoms with Crippen LogP contribution in [-0.4, -0.2) is 0 Å². The van der Waals surface area contributed by atoms with Crippen LogP contribution in [0.4, 0.5) is 0 Å². The summed E-state index contributed by atoms with van der Waals surface area (Å²) in [4.78, 5) is 0. The van der Waals surface area contributed by atoms with Gasteiger partial charge in [0.05, 0.1) is 6.26 Å². The van der Waals surface area contributed by atoms with E-state index < -0.39 is 0 Å². The summed E-state index contributed by atoms with van der Waals surface area (Å²) in [5.41, 5.74) is 0. The van der Waals surface area contributed by atoms with Crippen molar-refractivity contribution >= 4 is 8.69 Å². The van der Waals surface area contributed by atoms with Crippen LogP contribution in [0.1, 0.15) is 13.3 Å². The highest BCUT2D eigenvalue weighted by molar-refractivity contribution is 7.17. The second-order valence-corrected chi connectivity index (χ2v) is 1.32. The van der Waals surface area contributed by atoms with Crippen molar-refractivity contribution < 1.29 is 9.09 Å². The number of allylic oxidation sites excluding steroid dienone is 1. The molecule has 0 amide bonds. The first kappa shape index (κ1) is 6.64. The molecule has 0 rings (SSSR count). The first-order valence-corrected chi connectivity index (χ1v) is 2.78. The number of rotatable bonds is 3. The largest absolute Gasteiger partial charge is 0.416 e. The molecule has 7 heavy (non-hydrogen) atoms. The van der Waals surface area contributed by atoms with Crippen molar-refractivity contribution in [2.75, 3.05) is 0 Å². The van der Waals surface area contributed by atoms with Crippen LogP contribution in [0.25, 0.3) is 0 Å². The second kappa shape index (κ2) is 5.64. The maximum Gasteiger partial charge on any atom is 0.395 e. The van der Waals surface area contributed by atoms with Crippen LogP contribution in [0.5, 0.6) is 0 Å². The Balaban J connectivity index is 2.92. The molecule has 0 bridgehead atoms. The van der Waals surface area contributed by atoms with Crippen LogP contribution in [-0.2, 0) is 9.09 Å². The zero-order valence-corrected chi connectivity index (χ0v) is 5.02. The topological polar surface area (TPSA) is 26.3 Å². The fourth-order valence-electron chi connectivity index (χ4n) is 0.164. The highest BCUT2D eigenvalue weighted by Crippen LogP contribution is 1.94. The molecule has 0 aliphatic rings. The molecule has 0 fully saturated rings. The first-order valence-electron chi connectivity index (χ1n) is 2.05. The molecule has 0 aromatic heterocycles. The lowest BCUT2D eigenvalue weighted by Crippen LogP contribution is -1.53. The van der Waals surface area contributed by atoms with Crippen molar-refractivity contribution in [2.45, 2.75) is 13.3 Å². The minimum Gasteiger partial charge on any atom is -0.416 e. The lowest BCUT2D eigenvalue weighted by molar-refractivity contribution is 0.482. The van der Waals surface area contributed by atoms with Crippen molar-refractivity contribution in [3.05, 3.63) is 12.3 Å². The van der Waals surface area contributed by atoms with E-state index in [4.69, 9.17) is 0 Å². The Kier molecular flexibility index (Phi) is 5.35. The lowest BCUT2D eigenvalue weighted by Gasteiger charge is -1.76. The number of hydrogen-bond donors (Lipinski definition) is 0. The predicted molar refractivity (Wildman–Crippen MR) is 28.1 cm³/mol. The maximum atomic E-state index is 9.50. The van der Waals surface area contributed by atoms with E-state index in [0.717, 1.165) is 6.42 Å². The quantitative estimate of drug-likeness (QED) is 0.419. The van der Waals surface area contributed by atoms with Crippen molar-refractivity contribution in [2.24, 2.45) is 0 Å². The molecule has 40 valence electrons. The third-order valence-electron chi connectivity index (χ3n) is 0.436. The maximum absolute atomic E-state index is 9.50. The monoisotopic (exact) mass is 118 g/mol. The number of hydrogen-bond acceptors (Lipinski definition) is 2. The van der Waals surface area contributed by atoms with Crippen molar-refractivity contribution in [3.8, 4) is 0 Å². The van der Waals surface area contributed by atoms with Gasteiger partial charge in [-0.05, 0) is 12.5 Å². The fourth-order valence-corrected chi connectivity index (χ4v) is 0.300. The highest BCUT2D eigenvalue weighted by atomic mass is 31.1. The van der Waals surface area contributed by atoms with Crippen molar-refractivity contribution in [1.29, 1.82) is 0 Å². The zero-order chi connectivity index (χ0) is 5.54. The Morgan fingerprint density at radius 3 is 3.00 bits per heavy atom. The molecule has 0 aromatic rings. The van der Waals surface area contributed by atoms with Crippen LogP contribution in [0.15, 0.2) is 12.3 Å². The van der Waals surface area contributed by atoms with Gasteiger partial charge in [0.15, 0.2) is 0 Å². The normalized spacial score (nSPS) is 10.4. The molecule has 0 aromatic carbocycles. The van der Waals surface area contributed by atoms with E-state index >= 15 is 0 Å². The molecule has 3 heteroatoms. The zero-order valence-electron chi connectivity index (χ0n) is 4.13. The van der Waals surface area contributed by atoms with Crippen molar-refractivity contribution in [1.82, 2.24) is 0 Å². The molecule has 2 nitrogen and oxygen atoms in total. The molecule has 0 radical (unpaired) electrons. The molecule has 0 atom stereocenters. The van der Waals surface area contributed by atoms with Gasteiger partial charge < -0.3 is 4.52 Å². The summed E-state index contributed by atoms with van der Waals surface area (Å²) in [6, 6.07) is 0. The summed E-state index contributed by atoms with van der Waals surface area (Å²) in [6.07, 6.45) is 4.11. The average Bonchev–Trinajstić information content (AvgIpc) is 1.69. The molecule has 0 aliphatic heterocycles. The SMILES string of the molecule is CCC=COP=O. The lowest BCUT2D eigenvalue weighted by atomic mass is 10.5. The van der Waals surface area contributed by atoms with Crippen molar-refractivity contribution in [3.63, 3.8) is 0 Å². The Labute approximate surface area is 44.5 Å². The van der Waals surface area contributed by atoms with E-state index in [-0.39, 0.29) is 8.69 Å². The van der Waals surface area contributed by atoms with Crippen LogP contribution in [0.2, 0.25) is 0 Å². The summed E-state index contributed by atoms with van der Waals surface area (Å²) in [5.74, 6) is 0. The van der Waals surface area contributed by atoms with Gasteiger partial charge in [-0.2, -0.15) is 0 Å². The molecule has 0 N–H and O–H groups in total. The molecule has 0 unspecified atom stereocenters. The Morgan fingerprint density at radius 1 is 1.86 bits per heavy atom. The van der Waals surface area contributed by atoms with Gasteiger partial charge in [-0.1, -0.05) is 6.92 Å². The van der Waals surface area contributed by atoms with Crippen LogP contribution < -0.4 is 0 Å².